The molecule has 2 aliphatic carbocycles. The number of rotatable bonds is 12. The van der Waals surface area contributed by atoms with E-state index >= 15 is 0 Å². The van der Waals surface area contributed by atoms with E-state index in [0.717, 1.165) is 32.1 Å². The van der Waals surface area contributed by atoms with Gasteiger partial charge < -0.3 is 31.5 Å². The van der Waals surface area contributed by atoms with E-state index in [9.17, 15) is 33.6 Å². The van der Waals surface area contributed by atoms with Gasteiger partial charge in [0.05, 0.1) is 12.6 Å². The van der Waals surface area contributed by atoms with Crippen molar-refractivity contribution in [1.29, 1.82) is 0 Å². The first-order valence-corrected chi connectivity index (χ1v) is 16.7. The molecule has 1 aromatic rings. The minimum absolute atomic E-state index is 0.000181. The molecule has 3 aliphatic rings. The van der Waals surface area contributed by atoms with E-state index in [1.54, 1.807) is 56.0 Å². The number of amides is 6. The monoisotopic (exact) mass is 652 g/mol. The van der Waals surface area contributed by atoms with Gasteiger partial charge >= 0.3 is 11.8 Å². The number of nitrogens with zero attached hydrogens (tertiary/aromatic N) is 1. The molecule has 0 radical (unpaired) electrons. The van der Waals surface area contributed by atoms with Crippen LogP contribution in [0.1, 0.15) is 85.5 Å². The average molecular weight is 653 g/mol. The Labute approximate surface area is 275 Å². The van der Waals surface area contributed by atoms with Gasteiger partial charge in [0.1, 0.15) is 12.1 Å². The zero-order valence-corrected chi connectivity index (χ0v) is 27.7. The Morgan fingerprint density at radius 1 is 0.872 bits per heavy atom. The Balaban J connectivity index is 1.45. The third kappa shape index (κ3) is 9.39. The van der Waals surface area contributed by atoms with E-state index in [1.165, 1.54) is 0 Å². The van der Waals surface area contributed by atoms with Gasteiger partial charge in [0.25, 0.3) is 5.91 Å². The smallest absolute Gasteiger partial charge is 0.313 e. The van der Waals surface area contributed by atoms with Crippen LogP contribution in [0.25, 0.3) is 0 Å². The summed E-state index contributed by atoms with van der Waals surface area (Å²) in [5, 5.41) is 13.0. The number of anilines is 1. The normalized spacial score (nSPS) is 21.8. The van der Waals surface area contributed by atoms with Crippen LogP contribution in [0.15, 0.2) is 30.3 Å². The Morgan fingerprint density at radius 3 is 2.19 bits per heavy atom. The number of likely N-dealkylation sites (tertiary alicyclic amines) is 1. The predicted octanol–water partition coefficient (Wildman–Crippen LogP) is 1.56. The highest BCUT2D eigenvalue weighted by atomic mass is 16.2. The van der Waals surface area contributed by atoms with Gasteiger partial charge in [-0.15, -0.1) is 0 Å². The van der Waals surface area contributed by atoms with E-state index < -0.39 is 71.3 Å². The van der Waals surface area contributed by atoms with E-state index in [4.69, 9.17) is 0 Å². The molecule has 13 nitrogen and oxygen atoms in total. The van der Waals surface area contributed by atoms with Crippen LogP contribution < -0.4 is 26.6 Å². The van der Waals surface area contributed by atoms with Crippen molar-refractivity contribution in [2.24, 2.45) is 11.3 Å². The molecule has 1 aromatic carbocycles. The number of hydrogen-bond donors (Lipinski definition) is 5. The van der Waals surface area contributed by atoms with Crippen molar-refractivity contribution in [3.8, 4) is 0 Å². The van der Waals surface area contributed by atoms with E-state index in [0.29, 0.717) is 24.9 Å². The van der Waals surface area contributed by atoms with Gasteiger partial charge in [0.2, 0.25) is 23.5 Å². The number of fused-ring (bicyclic) bond motifs is 1. The van der Waals surface area contributed by atoms with Crippen molar-refractivity contribution < 1.29 is 33.6 Å². The maximum Gasteiger partial charge on any atom is 0.313 e. The van der Waals surface area contributed by atoms with Crippen LogP contribution in [0.4, 0.5) is 5.69 Å². The molecule has 4 rings (SSSR count). The lowest BCUT2D eigenvalue weighted by molar-refractivity contribution is -0.147. The van der Waals surface area contributed by atoms with Gasteiger partial charge in [-0.2, -0.15) is 0 Å². The zero-order valence-electron chi connectivity index (χ0n) is 27.7. The van der Waals surface area contributed by atoms with Gasteiger partial charge in [0.15, 0.2) is 0 Å². The van der Waals surface area contributed by atoms with Crippen molar-refractivity contribution in [3.05, 3.63) is 30.3 Å². The molecular formula is C34H48N6O7. The largest absolute Gasteiger partial charge is 0.347 e. The van der Waals surface area contributed by atoms with E-state index in [-0.39, 0.29) is 24.4 Å². The molecule has 1 aliphatic heterocycles. The van der Waals surface area contributed by atoms with Gasteiger partial charge in [-0.1, -0.05) is 65.2 Å². The Kier molecular flexibility index (Phi) is 11.8. The zero-order chi connectivity index (χ0) is 34.3. The Morgan fingerprint density at radius 2 is 1.55 bits per heavy atom. The summed E-state index contributed by atoms with van der Waals surface area (Å²) in [6.45, 7) is 6.69. The molecule has 2 unspecified atom stereocenters. The first-order chi connectivity index (χ1) is 22.3. The molecular weight excluding hydrogens is 604 g/mol. The summed E-state index contributed by atoms with van der Waals surface area (Å²) in [6.07, 6.45) is 6.34. The fourth-order valence-corrected chi connectivity index (χ4v) is 6.44. The minimum Gasteiger partial charge on any atom is -0.347 e. The first kappa shape index (κ1) is 35.6. The molecule has 5 atom stereocenters. The molecule has 6 amide bonds. The molecule has 2 saturated carbocycles. The van der Waals surface area contributed by atoms with Crippen LogP contribution in [0.2, 0.25) is 0 Å². The van der Waals surface area contributed by atoms with Crippen molar-refractivity contribution in [3.63, 3.8) is 0 Å². The SMILES string of the molecule is CCCC(NC(=O)[C@@H]1C[C@@H]2CCCCC2N1C(=O)[C@@H](NC(=O)CNC(=O)C(=O)Nc1ccccc1)C(C)(C)C)C(=O)C(=O)NC1CC1. The number of para-hydroxylation sites is 1. The molecule has 0 bridgehead atoms. The van der Waals surface area contributed by atoms with Gasteiger partial charge in [-0.3, -0.25) is 33.6 Å². The second kappa shape index (κ2) is 15.5. The maximum absolute atomic E-state index is 14.4. The fraction of sp³-hybridized carbons (Fsp3) is 0.618. The summed E-state index contributed by atoms with van der Waals surface area (Å²) in [5.74, 6) is -4.86. The number of nitrogens with one attached hydrogen (secondary N) is 5. The standard InChI is InChI=1S/C34H48N6O7/c1-5-11-23(27(42)30(44)36-22-16-17-22)38-29(43)25-18-20-12-9-10-15-24(20)40(25)33(47)28(34(2,3)4)39-26(41)19-35-31(45)32(46)37-21-13-7-6-8-14-21/h6-8,13-14,20,22-25,28H,5,9-12,15-19H2,1-4H3,(H,35,45)(H,36,44)(H,37,46)(H,38,43)(H,39,41)/t20-,23?,24?,25-,28+/m0/s1. The Hall–Kier alpha value is -4.29. The summed E-state index contributed by atoms with van der Waals surface area (Å²) < 4.78 is 0. The second-order valence-electron chi connectivity index (χ2n) is 13.9. The summed E-state index contributed by atoms with van der Waals surface area (Å²) in [7, 11) is 0. The van der Waals surface area contributed by atoms with Crippen molar-refractivity contribution in [1.82, 2.24) is 26.2 Å². The first-order valence-electron chi connectivity index (χ1n) is 16.7. The third-order valence-corrected chi connectivity index (χ3v) is 9.06. The third-order valence-electron chi connectivity index (χ3n) is 9.06. The summed E-state index contributed by atoms with van der Waals surface area (Å²) in [5.41, 5.74) is -0.357. The molecule has 1 heterocycles. The van der Waals surface area contributed by atoms with Gasteiger partial charge in [-0.05, 0) is 62.0 Å². The number of ketones is 1. The second-order valence-corrected chi connectivity index (χ2v) is 13.9. The lowest BCUT2D eigenvalue weighted by Gasteiger charge is -2.39. The van der Waals surface area contributed by atoms with Gasteiger partial charge in [0, 0.05) is 17.8 Å². The summed E-state index contributed by atoms with van der Waals surface area (Å²) in [6, 6.07) is 5.25. The fourth-order valence-electron chi connectivity index (χ4n) is 6.44. The molecule has 256 valence electrons. The molecule has 0 aromatic heterocycles. The van der Waals surface area contributed by atoms with Crippen molar-refractivity contribution in [2.45, 2.75) is 116 Å². The van der Waals surface area contributed by atoms with Crippen molar-refractivity contribution in [2.75, 3.05) is 11.9 Å². The number of carbonyl (C=O) groups excluding carboxylic acids is 7. The van der Waals surface area contributed by atoms with Crippen LogP contribution in [0, 0.1) is 11.3 Å². The highest BCUT2D eigenvalue weighted by Crippen LogP contribution is 2.41. The quantitative estimate of drug-likeness (QED) is 0.212. The highest BCUT2D eigenvalue weighted by Gasteiger charge is 2.51. The Bertz CT molecular complexity index is 1360. The minimum atomic E-state index is -1.06. The predicted molar refractivity (Wildman–Crippen MR) is 173 cm³/mol. The van der Waals surface area contributed by atoms with Gasteiger partial charge in [-0.25, -0.2) is 0 Å². The summed E-state index contributed by atoms with van der Waals surface area (Å²) >= 11 is 0. The number of benzene rings is 1. The lowest BCUT2D eigenvalue weighted by Crippen LogP contribution is -2.61. The van der Waals surface area contributed by atoms with E-state index in [2.05, 4.69) is 26.6 Å². The number of carbonyl (C=O) groups is 7. The van der Waals surface area contributed by atoms with Crippen molar-refractivity contribution >= 4 is 46.9 Å². The molecule has 13 heteroatoms. The summed E-state index contributed by atoms with van der Waals surface area (Å²) in [4.78, 5) is 93.1. The van der Waals surface area contributed by atoms with Crippen LogP contribution >= 0.6 is 0 Å². The topological polar surface area (TPSA) is 183 Å². The number of hydrogen-bond acceptors (Lipinski definition) is 7. The molecule has 3 fully saturated rings. The molecule has 1 saturated heterocycles. The number of Topliss-reactive ketones (excluding diaryl/α,β-unsaturated/α-hetero) is 1. The van der Waals surface area contributed by atoms with Crippen LogP contribution in [-0.4, -0.2) is 82.9 Å². The molecule has 5 N–H and O–H groups in total. The maximum atomic E-state index is 14.4. The highest BCUT2D eigenvalue weighted by molar-refractivity contribution is 6.40. The lowest BCUT2D eigenvalue weighted by atomic mass is 9.83. The molecule has 0 spiro atoms. The molecule has 47 heavy (non-hydrogen) atoms. The van der Waals surface area contributed by atoms with Crippen LogP contribution in [0.3, 0.4) is 0 Å². The van der Waals surface area contributed by atoms with Crippen LogP contribution in [-0.2, 0) is 33.6 Å². The van der Waals surface area contributed by atoms with Crippen LogP contribution in [0.5, 0.6) is 0 Å². The van der Waals surface area contributed by atoms with E-state index in [1.807, 2.05) is 6.92 Å². The average Bonchev–Trinajstić information content (AvgIpc) is 3.77.